The first kappa shape index (κ1) is 19.1. The van der Waals surface area contributed by atoms with Gasteiger partial charge in [-0.05, 0) is 5.56 Å². The van der Waals surface area contributed by atoms with Gasteiger partial charge in [0.15, 0.2) is 18.1 Å². The van der Waals surface area contributed by atoms with Gasteiger partial charge in [0.05, 0.1) is 27.8 Å². The summed E-state index contributed by atoms with van der Waals surface area (Å²) in [5, 5.41) is 2.63. The van der Waals surface area contributed by atoms with Gasteiger partial charge in [0.1, 0.15) is 0 Å². The number of esters is 1. The van der Waals surface area contributed by atoms with E-state index in [9.17, 15) is 9.59 Å². The molecule has 2 aromatic carbocycles. The summed E-state index contributed by atoms with van der Waals surface area (Å²) < 4.78 is 20.7. The van der Waals surface area contributed by atoms with Crippen LogP contribution in [0.2, 0.25) is 0 Å². The van der Waals surface area contributed by atoms with E-state index in [1.807, 2.05) is 30.3 Å². The number of amides is 1. The molecule has 0 aromatic heterocycles. The first-order valence-corrected chi connectivity index (χ1v) is 7.86. The Bertz CT molecular complexity index is 735. The molecule has 0 heterocycles. The minimum atomic E-state index is -0.476. The van der Waals surface area contributed by atoms with Gasteiger partial charge in [-0.2, -0.15) is 0 Å². The van der Waals surface area contributed by atoms with Gasteiger partial charge in [-0.15, -0.1) is 0 Å². The summed E-state index contributed by atoms with van der Waals surface area (Å²) >= 11 is 0. The molecule has 0 saturated carbocycles. The molecule has 0 aliphatic heterocycles. The zero-order valence-corrected chi connectivity index (χ0v) is 14.9. The molecule has 0 bridgehead atoms. The SMILES string of the molecule is COc1cc(NC(=O)COC(=O)Cc2ccccc2)cc(OC)c1OC. The quantitative estimate of drug-likeness (QED) is 0.729. The minimum Gasteiger partial charge on any atom is -0.493 e. The Balaban J connectivity index is 1.94. The molecular weight excluding hydrogens is 338 g/mol. The molecular formula is C19H21NO6. The van der Waals surface area contributed by atoms with Gasteiger partial charge in [-0.3, -0.25) is 9.59 Å². The van der Waals surface area contributed by atoms with Crippen molar-refractivity contribution < 1.29 is 28.5 Å². The van der Waals surface area contributed by atoms with Gasteiger partial charge in [0.2, 0.25) is 5.75 Å². The molecule has 0 unspecified atom stereocenters. The number of nitrogens with one attached hydrogen (secondary N) is 1. The highest BCUT2D eigenvalue weighted by Gasteiger charge is 2.15. The number of hydrogen-bond donors (Lipinski definition) is 1. The van der Waals surface area contributed by atoms with Crippen molar-refractivity contribution in [1.29, 1.82) is 0 Å². The Morgan fingerprint density at radius 1 is 0.923 bits per heavy atom. The lowest BCUT2D eigenvalue weighted by molar-refractivity contribution is -0.146. The van der Waals surface area contributed by atoms with Crippen molar-refractivity contribution in [3.05, 3.63) is 48.0 Å². The monoisotopic (exact) mass is 359 g/mol. The fourth-order valence-corrected chi connectivity index (χ4v) is 2.31. The van der Waals surface area contributed by atoms with Crippen molar-refractivity contribution in [2.45, 2.75) is 6.42 Å². The Kier molecular flexibility index (Phi) is 6.84. The first-order valence-electron chi connectivity index (χ1n) is 7.86. The van der Waals surface area contributed by atoms with Crippen molar-refractivity contribution in [3.8, 4) is 17.2 Å². The van der Waals surface area contributed by atoms with E-state index in [2.05, 4.69) is 5.32 Å². The lowest BCUT2D eigenvalue weighted by atomic mass is 10.2. The van der Waals surface area contributed by atoms with Crippen LogP contribution in [0.4, 0.5) is 5.69 Å². The fraction of sp³-hybridized carbons (Fsp3) is 0.263. The topological polar surface area (TPSA) is 83.1 Å². The molecule has 1 amide bonds. The number of hydrogen-bond acceptors (Lipinski definition) is 6. The van der Waals surface area contributed by atoms with E-state index >= 15 is 0 Å². The van der Waals surface area contributed by atoms with E-state index in [1.165, 1.54) is 21.3 Å². The summed E-state index contributed by atoms with van der Waals surface area (Å²) in [5.41, 5.74) is 1.26. The van der Waals surface area contributed by atoms with Crippen molar-refractivity contribution >= 4 is 17.6 Å². The molecule has 1 N–H and O–H groups in total. The molecule has 138 valence electrons. The maximum atomic E-state index is 12.0. The Morgan fingerprint density at radius 2 is 1.54 bits per heavy atom. The molecule has 2 aromatic rings. The van der Waals surface area contributed by atoms with Gasteiger partial charge >= 0.3 is 5.97 Å². The van der Waals surface area contributed by atoms with Crippen LogP contribution in [-0.2, 0) is 20.7 Å². The molecule has 0 saturated heterocycles. The number of anilines is 1. The Hall–Kier alpha value is -3.22. The number of carbonyl (C=O) groups excluding carboxylic acids is 2. The molecule has 7 heteroatoms. The molecule has 2 rings (SSSR count). The summed E-state index contributed by atoms with van der Waals surface area (Å²) in [6.07, 6.45) is 0.109. The van der Waals surface area contributed by atoms with Crippen molar-refractivity contribution in [2.75, 3.05) is 33.3 Å². The largest absolute Gasteiger partial charge is 0.493 e. The first-order chi connectivity index (χ1) is 12.6. The van der Waals surface area contributed by atoms with Crippen LogP contribution in [0.25, 0.3) is 0 Å². The lowest BCUT2D eigenvalue weighted by Crippen LogP contribution is -2.21. The second-order valence-corrected chi connectivity index (χ2v) is 5.29. The third kappa shape index (κ3) is 5.14. The van der Waals surface area contributed by atoms with E-state index in [0.29, 0.717) is 22.9 Å². The predicted molar refractivity (Wildman–Crippen MR) is 95.8 cm³/mol. The van der Waals surface area contributed by atoms with Gasteiger partial charge in [-0.1, -0.05) is 30.3 Å². The van der Waals surface area contributed by atoms with E-state index in [4.69, 9.17) is 18.9 Å². The summed E-state index contributed by atoms with van der Waals surface area (Å²) in [5.74, 6) is 0.283. The highest BCUT2D eigenvalue weighted by atomic mass is 16.5. The van der Waals surface area contributed by atoms with Crippen LogP contribution in [-0.4, -0.2) is 39.8 Å². The van der Waals surface area contributed by atoms with Gasteiger partial charge in [-0.25, -0.2) is 0 Å². The molecule has 26 heavy (non-hydrogen) atoms. The fourth-order valence-electron chi connectivity index (χ4n) is 2.31. The highest BCUT2D eigenvalue weighted by molar-refractivity contribution is 5.93. The van der Waals surface area contributed by atoms with E-state index in [-0.39, 0.29) is 13.0 Å². The number of rotatable bonds is 8. The summed E-state index contributed by atoms with van der Waals surface area (Å²) in [4.78, 5) is 23.8. The molecule has 7 nitrogen and oxygen atoms in total. The smallest absolute Gasteiger partial charge is 0.310 e. The maximum absolute atomic E-state index is 12.0. The van der Waals surface area contributed by atoms with Crippen LogP contribution in [0.3, 0.4) is 0 Å². The number of ether oxygens (including phenoxy) is 4. The normalized spacial score (nSPS) is 9.96. The zero-order valence-electron chi connectivity index (χ0n) is 14.9. The van der Waals surface area contributed by atoms with Crippen LogP contribution >= 0.6 is 0 Å². The van der Waals surface area contributed by atoms with Crippen LogP contribution in [0.15, 0.2) is 42.5 Å². The molecule has 0 radical (unpaired) electrons. The minimum absolute atomic E-state index is 0.109. The molecule has 0 aliphatic rings. The van der Waals surface area contributed by atoms with Crippen LogP contribution in [0.1, 0.15) is 5.56 Å². The van der Waals surface area contributed by atoms with Crippen molar-refractivity contribution in [3.63, 3.8) is 0 Å². The van der Waals surface area contributed by atoms with Crippen molar-refractivity contribution in [2.24, 2.45) is 0 Å². The second kappa shape index (κ2) is 9.31. The van der Waals surface area contributed by atoms with Gasteiger partial charge in [0, 0.05) is 17.8 Å². The number of benzene rings is 2. The number of methoxy groups -OCH3 is 3. The maximum Gasteiger partial charge on any atom is 0.310 e. The predicted octanol–water partition coefficient (Wildman–Crippen LogP) is 2.44. The standard InChI is InChI=1S/C19H21NO6/c1-23-15-10-14(11-16(24-2)19(15)25-3)20-17(21)12-26-18(22)9-13-7-5-4-6-8-13/h4-8,10-11H,9,12H2,1-3H3,(H,20,21). The van der Waals surface area contributed by atoms with E-state index in [0.717, 1.165) is 5.56 Å². The lowest BCUT2D eigenvalue weighted by Gasteiger charge is -2.14. The van der Waals surface area contributed by atoms with Crippen molar-refractivity contribution in [1.82, 2.24) is 0 Å². The zero-order chi connectivity index (χ0) is 18.9. The summed E-state index contributed by atoms with van der Waals surface area (Å²) in [6, 6.07) is 12.3. The van der Waals surface area contributed by atoms with E-state index in [1.54, 1.807) is 12.1 Å². The van der Waals surface area contributed by atoms with Gasteiger partial charge < -0.3 is 24.3 Å². The third-order valence-corrected chi connectivity index (χ3v) is 3.50. The molecule has 0 spiro atoms. The Morgan fingerprint density at radius 3 is 2.08 bits per heavy atom. The average Bonchev–Trinajstić information content (AvgIpc) is 2.66. The molecule has 0 atom stereocenters. The van der Waals surface area contributed by atoms with Crippen LogP contribution in [0, 0.1) is 0 Å². The summed E-state index contributed by atoms with van der Waals surface area (Å²) in [6.45, 7) is -0.387. The third-order valence-electron chi connectivity index (χ3n) is 3.50. The average molecular weight is 359 g/mol. The molecule has 0 fully saturated rings. The summed E-state index contributed by atoms with van der Waals surface area (Å²) in [7, 11) is 4.45. The van der Waals surface area contributed by atoms with Gasteiger partial charge in [0.25, 0.3) is 5.91 Å². The molecule has 0 aliphatic carbocycles. The van der Waals surface area contributed by atoms with E-state index < -0.39 is 11.9 Å². The van der Waals surface area contributed by atoms with Crippen LogP contribution < -0.4 is 19.5 Å². The Labute approximate surface area is 151 Å². The second-order valence-electron chi connectivity index (χ2n) is 5.29. The highest BCUT2D eigenvalue weighted by Crippen LogP contribution is 2.39. The number of carbonyl (C=O) groups is 2. The van der Waals surface area contributed by atoms with Crippen LogP contribution in [0.5, 0.6) is 17.2 Å².